The second-order valence-corrected chi connectivity index (χ2v) is 24.7. The second-order valence-electron chi connectivity index (χ2n) is 15.3. The van der Waals surface area contributed by atoms with E-state index in [0.717, 1.165) is 62.1 Å². The van der Waals surface area contributed by atoms with Crippen LogP contribution < -0.4 is 16.6 Å². The monoisotopic (exact) mass is 1830 g/mol. The Labute approximate surface area is 565 Å². The molecule has 0 aliphatic rings. The van der Waals surface area contributed by atoms with Gasteiger partial charge in [0.15, 0.2) is 0 Å². The maximum Gasteiger partial charge on any atom is 0.490 e. The smallest absolute Gasteiger partial charge is 0.424 e. The number of aryl methyl sites for hydroxylation is 1. The fraction of sp³-hybridized carbons (Fsp3) is 0.0182. The van der Waals surface area contributed by atoms with Crippen LogP contribution in [0, 0.1) is 17.8 Å². The molecule has 0 fully saturated rings. The summed E-state index contributed by atoms with van der Waals surface area (Å²) in [5.74, 6) is 1.31. The maximum absolute atomic E-state index is 10.7. The van der Waals surface area contributed by atoms with Gasteiger partial charge >= 0.3 is 14.2 Å². The summed E-state index contributed by atoms with van der Waals surface area (Å²) in [5, 5.41) is 35.5. The summed E-state index contributed by atoms with van der Waals surface area (Å²) in [5.41, 5.74) is 6.49. The van der Waals surface area contributed by atoms with Crippen LogP contribution in [0.1, 0.15) is 33.4 Å². The maximum atomic E-state index is 10.7. The fourth-order valence-electron chi connectivity index (χ4n) is 5.31. The Kier molecular flexibility index (Phi) is 35.9. The lowest BCUT2D eigenvalue weighted by Gasteiger charge is -2.00. The molecule has 0 aliphatic heterocycles. The second kappa shape index (κ2) is 40.3. The predicted octanol–water partition coefficient (Wildman–Crippen LogP) is 15.8. The minimum Gasteiger partial charge on any atom is -0.424 e. The van der Waals surface area contributed by atoms with Crippen molar-refractivity contribution in [1.82, 2.24) is 29.9 Å². The topological polar surface area (TPSA) is 198 Å². The van der Waals surface area contributed by atoms with Gasteiger partial charge in [0.05, 0.1) is 7.14 Å². The van der Waals surface area contributed by atoms with E-state index in [9.17, 15) is 9.59 Å². The van der Waals surface area contributed by atoms with Crippen LogP contribution in [-0.2, 0) is 0 Å². The molecule has 80 heavy (non-hydrogen) atoms. The average Bonchev–Trinajstić information content (AvgIpc) is 3.44. The van der Waals surface area contributed by atoms with Crippen molar-refractivity contribution < 1.29 is 20.1 Å². The van der Waals surface area contributed by atoms with Gasteiger partial charge in [0.2, 0.25) is 5.56 Å². The van der Waals surface area contributed by atoms with E-state index in [2.05, 4.69) is 201 Å². The molecule has 6 aromatic heterocycles. The number of halogens is 11. The zero-order valence-corrected chi connectivity index (χ0v) is 58.8. The van der Waals surface area contributed by atoms with Crippen LogP contribution in [0.4, 0.5) is 0 Å². The zero-order chi connectivity index (χ0) is 59.0. The van der Waals surface area contributed by atoms with Crippen LogP contribution in [0.25, 0.3) is 30.4 Å². The van der Waals surface area contributed by atoms with Gasteiger partial charge in [-0.3, -0.25) is 9.59 Å². The molecule has 412 valence electrons. The minimum absolute atomic E-state index is 0.0428. The van der Waals surface area contributed by atoms with Gasteiger partial charge in [-0.15, -0.1) is 0 Å². The van der Waals surface area contributed by atoms with Crippen LogP contribution in [0.15, 0.2) is 213 Å². The highest BCUT2D eigenvalue weighted by atomic mass is 127. The zero-order valence-electron chi connectivity index (χ0n) is 41.3. The fourth-order valence-corrected chi connectivity index (χ4v) is 9.72. The molecule has 6 heterocycles. The van der Waals surface area contributed by atoms with Crippen molar-refractivity contribution in [3.63, 3.8) is 0 Å². The number of hydrogen-bond acceptors (Lipinski definition) is 10. The van der Waals surface area contributed by atoms with E-state index in [4.69, 9.17) is 43.3 Å². The van der Waals surface area contributed by atoms with Gasteiger partial charge in [0, 0.05) is 82.2 Å². The Bertz CT molecular complexity index is 3420. The molecule has 0 spiro atoms. The highest BCUT2D eigenvalue weighted by Gasteiger charge is 2.12. The molecular formula is C55H43B2Br6Cl2I3N6O6. The molecule has 0 aliphatic carbocycles. The number of aromatic nitrogens is 6. The summed E-state index contributed by atoms with van der Waals surface area (Å²) in [6.07, 6.45) is 19.6. The van der Waals surface area contributed by atoms with E-state index < -0.39 is 14.2 Å². The Morgan fingerprint density at radius 2 is 0.975 bits per heavy atom. The number of aromatic amines is 2. The molecule has 0 saturated carbocycles. The van der Waals surface area contributed by atoms with Crippen LogP contribution >= 0.6 is 187 Å². The molecule has 0 unspecified atom stereocenters. The summed E-state index contributed by atoms with van der Waals surface area (Å²) in [7, 11) is -2.80. The van der Waals surface area contributed by atoms with Gasteiger partial charge in [-0.2, -0.15) is 0 Å². The van der Waals surface area contributed by atoms with E-state index in [1.807, 2.05) is 139 Å². The summed E-state index contributed by atoms with van der Waals surface area (Å²) >= 11 is 37.6. The van der Waals surface area contributed by atoms with Gasteiger partial charge in [0.25, 0.3) is 5.56 Å². The molecule has 0 radical (unpaired) electrons. The SMILES string of the molecule is Brc1cnc(I)c(/C=C/c2ccccc2)c1.Cc1cc(B(O)O)cnc1Br.Clc1ncc(Br)cc1/C=C/c1ccccc1.Clc1ncc(Br)cc1I.O=c1[nH]cc(Br)cc1I.O=c1ccc(Br)c[nH]1.OB(O)/C=C/c1ccccc1. The lowest BCUT2D eigenvalue weighted by atomic mass is 9.81. The Morgan fingerprint density at radius 3 is 1.43 bits per heavy atom. The number of H-pyrrole nitrogens is 2. The first kappa shape index (κ1) is 71.3. The van der Waals surface area contributed by atoms with Crippen LogP contribution in [0.5, 0.6) is 0 Å². The van der Waals surface area contributed by atoms with Crippen LogP contribution in [-0.4, -0.2) is 64.2 Å². The molecule has 0 bridgehead atoms. The summed E-state index contributed by atoms with van der Waals surface area (Å²) in [6, 6.07) is 42.3. The molecule has 9 rings (SSSR count). The molecule has 3 aromatic carbocycles. The van der Waals surface area contributed by atoms with E-state index in [1.165, 1.54) is 23.8 Å². The number of benzene rings is 3. The van der Waals surface area contributed by atoms with Crippen LogP contribution in [0.2, 0.25) is 10.3 Å². The van der Waals surface area contributed by atoms with E-state index in [1.54, 1.807) is 49.1 Å². The van der Waals surface area contributed by atoms with Crippen LogP contribution in [0.3, 0.4) is 0 Å². The first-order valence-corrected chi connectivity index (χ1v) is 31.4. The molecule has 0 atom stereocenters. The highest BCUT2D eigenvalue weighted by molar-refractivity contribution is 14.1. The number of hydrogen-bond donors (Lipinski definition) is 6. The Morgan fingerprint density at radius 1 is 0.500 bits per heavy atom. The van der Waals surface area contributed by atoms with Gasteiger partial charge in [-0.25, -0.2) is 19.9 Å². The van der Waals surface area contributed by atoms with Crippen molar-refractivity contribution in [2.75, 3.05) is 0 Å². The van der Waals surface area contributed by atoms with Crippen molar-refractivity contribution in [2.45, 2.75) is 6.92 Å². The van der Waals surface area contributed by atoms with Crippen molar-refractivity contribution in [3.05, 3.63) is 279 Å². The molecule has 0 saturated heterocycles. The van der Waals surface area contributed by atoms with Crippen molar-refractivity contribution in [3.8, 4) is 0 Å². The van der Waals surface area contributed by atoms with Gasteiger partial charge in [-0.05, 0) is 223 Å². The van der Waals surface area contributed by atoms with E-state index in [-0.39, 0.29) is 11.1 Å². The Balaban J connectivity index is 0.000000249. The minimum atomic E-state index is -1.44. The third-order valence-corrected chi connectivity index (χ3v) is 15.6. The lowest BCUT2D eigenvalue weighted by molar-refractivity contribution is 0.423. The standard InChI is InChI=1S/C13H9BrClN.C13H9BrIN.C8H9BO2.C6H7BBrNO2.C5H2BrClIN.C5H3BrINO.C5H4BrNO/c2*14-12-8-11(13(15)16-9-12)7-6-10-4-2-1-3-5-10;10-9(11)7-6-8-4-2-1-3-5-8;1-4-2-5(7(10)11)3-9-6(4)8;6-3-1-4(8)5(7)9-2-3;6-3-1-4(7)5(9)8-2-3;6-4-1-2-5(8)7-3-4/h2*1-9H;1-7,10-11H;2-3,10-11H,1H3;1-2H;1-2H,(H,8,9);1-3H,(H,7,8)/b3*7-6+;;;;. The van der Waals surface area contributed by atoms with Gasteiger partial charge in [0.1, 0.15) is 18.6 Å². The quantitative estimate of drug-likeness (QED) is 0.0507. The number of pyridine rings is 6. The lowest BCUT2D eigenvalue weighted by Crippen LogP contribution is -2.30. The summed E-state index contributed by atoms with van der Waals surface area (Å²) in [6.45, 7) is 1.84. The molecule has 6 N–H and O–H groups in total. The van der Waals surface area contributed by atoms with E-state index in [0.29, 0.717) is 19.3 Å². The predicted molar refractivity (Wildman–Crippen MR) is 376 cm³/mol. The normalized spacial score (nSPS) is 10.2. The number of rotatable bonds is 7. The number of nitrogens with zero attached hydrogens (tertiary/aromatic N) is 4. The average molecular weight is 1840 g/mol. The summed E-state index contributed by atoms with van der Waals surface area (Å²) in [4.78, 5) is 42.2. The summed E-state index contributed by atoms with van der Waals surface area (Å²) < 4.78 is 8.05. The first-order chi connectivity index (χ1) is 38.1. The van der Waals surface area contributed by atoms with Gasteiger partial charge in [-0.1, -0.05) is 157 Å². The molecule has 9 aromatic rings. The van der Waals surface area contributed by atoms with Crippen molar-refractivity contribution >= 4 is 237 Å². The Hall–Kier alpha value is -3.00. The molecular weight excluding hydrogens is 1790 g/mol. The largest absolute Gasteiger partial charge is 0.490 e. The molecule has 12 nitrogen and oxygen atoms in total. The van der Waals surface area contributed by atoms with Crippen molar-refractivity contribution in [2.24, 2.45) is 0 Å². The van der Waals surface area contributed by atoms with Crippen molar-refractivity contribution in [1.29, 1.82) is 0 Å². The van der Waals surface area contributed by atoms with E-state index >= 15 is 0 Å². The molecule has 25 heteroatoms. The highest BCUT2D eigenvalue weighted by Crippen LogP contribution is 2.22. The third kappa shape index (κ3) is 31.1. The third-order valence-electron chi connectivity index (χ3n) is 9.10. The number of nitrogens with one attached hydrogen (secondary N) is 2. The van der Waals surface area contributed by atoms with Gasteiger partial charge < -0.3 is 30.1 Å². The first-order valence-electron chi connectivity index (χ1n) is 22.6. The molecule has 0 amide bonds.